The number of hydrogen-bond acceptors (Lipinski definition) is 5. The Balaban J connectivity index is 1.37. The number of rotatable bonds is 8. The molecule has 0 aromatic heterocycles. The van der Waals surface area contributed by atoms with Gasteiger partial charge in [0.15, 0.2) is 6.04 Å². The third kappa shape index (κ3) is 8.97. The summed E-state index contributed by atoms with van der Waals surface area (Å²) < 4.78 is 0. The van der Waals surface area contributed by atoms with Crippen LogP contribution < -0.4 is 21.3 Å². The van der Waals surface area contributed by atoms with Crippen LogP contribution in [0.4, 0.5) is 0 Å². The van der Waals surface area contributed by atoms with Crippen molar-refractivity contribution in [1.29, 1.82) is 0 Å². The number of amides is 4. The van der Waals surface area contributed by atoms with Gasteiger partial charge in [-0.05, 0) is 45.5 Å². The lowest BCUT2D eigenvalue weighted by Crippen LogP contribution is -2.58. The maximum atomic E-state index is 14.2. The summed E-state index contributed by atoms with van der Waals surface area (Å²) in [5.74, 6) is -3.84. The Morgan fingerprint density at radius 2 is 0.827 bits per heavy atom. The molecule has 0 aliphatic carbocycles. The predicted octanol–water partition coefficient (Wildman–Crippen LogP) is 4.41. The largest absolute Gasteiger partial charge is 0.479 e. The fourth-order valence-electron chi connectivity index (χ4n) is 6.17. The number of hydrogen-bond donors (Lipinski definition) is 5. The molecule has 52 heavy (non-hydrogen) atoms. The van der Waals surface area contributed by atoms with Gasteiger partial charge in [0.05, 0.1) is 0 Å². The molecular formula is C42H38N4O6. The SMILES string of the molecule is O=C1NC(Cc2ccccc2)C(=O)N[C@@H](Cc2ccc(-c3ccccc3)cc2)C(=O)N[C@H](Cc2ccccc2)C(=O)NC(C(=O)O)c2ccc1cc2. The average molecular weight is 695 g/mol. The van der Waals surface area contributed by atoms with Crippen LogP contribution in [0.15, 0.2) is 140 Å². The van der Waals surface area contributed by atoms with Gasteiger partial charge in [-0.2, -0.15) is 0 Å². The summed E-state index contributed by atoms with van der Waals surface area (Å²) in [5, 5.41) is 21.2. The first-order valence-electron chi connectivity index (χ1n) is 17.0. The molecule has 10 nitrogen and oxygen atoms in total. The number of fused-ring (bicyclic) bond motifs is 13. The lowest BCUT2D eigenvalue weighted by atomic mass is 9.98. The van der Waals surface area contributed by atoms with E-state index < -0.39 is 53.8 Å². The summed E-state index contributed by atoms with van der Waals surface area (Å²) in [6.07, 6.45) is 0.260. The van der Waals surface area contributed by atoms with Crippen molar-refractivity contribution in [3.63, 3.8) is 0 Å². The highest BCUT2D eigenvalue weighted by Crippen LogP contribution is 2.21. The summed E-state index contributed by atoms with van der Waals surface area (Å²) in [7, 11) is 0. The van der Waals surface area contributed by atoms with Crippen molar-refractivity contribution < 1.29 is 29.1 Å². The van der Waals surface area contributed by atoms with Crippen LogP contribution in [0, 0.1) is 0 Å². The minimum atomic E-state index is -1.46. The standard InChI is InChI=1S/C42H38N4O6/c47-38-33-22-20-32(21-23-33)37(42(51)52)46-41(50)36(25-28-12-6-2-7-13-28)45-40(49)35(44-39(48)34(43-38)24-27-10-4-1-5-11-27)26-29-16-18-31(19-17-29)30-14-8-3-9-15-30/h1-23,34-37H,24-26H2,(H,43,47)(H,44,48)(H,45,49)(H,46,50)(H,51,52)/t34?,35-,36+,37?/m0/s1. The second-order valence-electron chi connectivity index (χ2n) is 12.7. The first kappa shape index (κ1) is 35.3. The van der Waals surface area contributed by atoms with Crippen LogP contribution in [0.2, 0.25) is 0 Å². The Bertz CT molecular complexity index is 2020. The van der Waals surface area contributed by atoms with E-state index >= 15 is 0 Å². The fraction of sp³-hybridized carbons (Fsp3) is 0.167. The molecule has 7 rings (SSSR count). The van der Waals surface area contributed by atoms with Crippen molar-refractivity contribution in [3.05, 3.63) is 167 Å². The lowest BCUT2D eigenvalue weighted by Gasteiger charge is -2.27. The highest BCUT2D eigenvalue weighted by atomic mass is 16.4. The zero-order valence-corrected chi connectivity index (χ0v) is 28.2. The average Bonchev–Trinajstić information content (AvgIpc) is 3.17. The Morgan fingerprint density at radius 3 is 1.31 bits per heavy atom. The smallest absolute Gasteiger partial charge is 0.330 e. The summed E-state index contributed by atoms with van der Waals surface area (Å²) in [6.45, 7) is 0. The quantitative estimate of drug-likeness (QED) is 0.152. The maximum Gasteiger partial charge on any atom is 0.330 e. The van der Waals surface area contributed by atoms with Crippen LogP contribution in [0.5, 0.6) is 0 Å². The Morgan fingerprint density at radius 1 is 0.442 bits per heavy atom. The molecule has 4 amide bonds. The van der Waals surface area contributed by atoms with E-state index in [1.54, 1.807) is 24.3 Å². The molecule has 5 N–H and O–H groups in total. The number of carbonyl (C=O) groups is 5. The number of benzene rings is 5. The molecule has 262 valence electrons. The minimum absolute atomic E-state index is 0.0584. The molecular weight excluding hydrogens is 656 g/mol. The third-order valence-corrected chi connectivity index (χ3v) is 8.99. The molecule has 2 unspecified atom stereocenters. The highest BCUT2D eigenvalue weighted by molar-refractivity contribution is 5.99. The fourth-order valence-corrected chi connectivity index (χ4v) is 6.17. The zero-order chi connectivity index (χ0) is 36.5. The van der Waals surface area contributed by atoms with Gasteiger partial charge in [-0.1, -0.05) is 127 Å². The molecule has 2 heterocycles. The summed E-state index contributed by atoms with van der Waals surface area (Å²) in [5.41, 5.74) is 4.67. The van der Waals surface area contributed by atoms with Gasteiger partial charge in [0.25, 0.3) is 5.91 Å². The van der Waals surface area contributed by atoms with Crippen LogP contribution in [0.25, 0.3) is 11.1 Å². The molecule has 5 aromatic carbocycles. The molecule has 10 heteroatoms. The molecule has 0 saturated heterocycles. The third-order valence-electron chi connectivity index (χ3n) is 8.99. The van der Waals surface area contributed by atoms with Gasteiger partial charge < -0.3 is 26.4 Å². The van der Waals surface area contributed by atoms with E-state index in [-0.39, 0.29) is 30.4 Å². The van der Waals surface area contributed by atoms with Crippen molar-refractivity contribution >= 4 is 29.6 Å². The number of carboxylic acid groups (broad SMARTS) is 1. The van der Waals surface area contributed by atoms with Crippen LogP contribution in [-0.4, -0.2) is 52.8 Å². The normalized spacial score (nSPS) is 19.5. The first-order valence-corrected chi connectivity index (χ1v) is 17.0. The van der Waals surface area contributed by atoms with E-state index in [2.05, 4.69) is 21.3 Å². The topological polar surface area (TPSA) is 154 Å². The molecule has 2 bridgehead atoms. The van der Waals surface area contributed by atoms with E-state index in [1.165, 1.54) is 24.3 Å². The predicted molar refractivity (Wildman–Crippen MR) is 196 cm³/mol. The van der Waals surface area contributed by atoms with E-state index in [0.717, 1.165) is 27.8 Å². The van der Waals surface area contributed by atoms with Gasteiger partial charge in [0.1, 0.15) is 18.1 Å². The Hall–Kier alpha value is -6.55. The summed E-state index contributed by atoms with van der Waals surface area (Å²) in [6, 6.07) is 36.5. The number of nitrogens with one attached hydrogen (secondary N) is 4. The van der Waals surface area contributed by atoms with Gasteiger partial charge in [-0.3, -0.25) is 19.2 Å². The molecule has 0 fully saturated rings. The maximum absolute atomic E-state index is 14.2. The molecule has 2 aliphatic rings. The number of carboxylic acids is 1. The first-order chi connectivity index (χ1) is 25.2. The van der Waals surface area contributed by atoms with Gasteiger partial charge in [-0.15, -0.1) is 0 Å². The van der Waals surface area contributed by atoms with Crippen molar-refractivity contribution in [2.45, 2.75) is 43.4 Å². The highest BCUT2D eigenvalue weighted by Gasteiger charge is 2.33. The van der Waals surface area contributed by atoms with Gasteiger partial charge in [0, 0.05) is 24.8 Å². The molecule has 5 aromatic rings. The van der Waals surface area contributed by atoms with E-state index in [4.69, 9.17) is 0 Å². The van der Waals surface area contributed by atoms with Gasteiger partial charge >= 0.3 is 5.97 Å². The van der Waals surface area contributed by atoms with Crippen LogP contribution in [0.3, 0.4) is 0 Å². The van der Waals surface area contributed by atoms with Crippen LogP contribution in [-0.2, 0) is 38.4 Å². The Kier molecular flexibility index (Phi) is 11.2. The van der Waals surface area contributed by atoms with E-state index in [1.807, 2.05) is 91.0 Å². The molecule has 2 aliphatic heterocycles. The van der Waals surface area contributed by atoms with Crippen molar-refractivity contribution in [3.8, 4) is 11.1 Å². The Labute approximate surface area is 301 Å². The van der Waals surface area contributed by atoms with Crippen LogP contribution in [0.1, 0.15) is 38.7 Å². The monoisotopic (exact) mass is 694 g/mol. The number of aliphatic carboxylic acids is 1. The van der Waals surface area contributed by atoms with Gasteiger partial charge in [-0.25, -0.2) is 4.79 Å². The van der Waals surface area contributed by atoms with E-state index in [0.29, 0.717) is 0 Å². The van der Waals surface area contributed by atoms with E-state index in [9.17, 15) is 29.1 Å². The van der Waals surface area contributed by atoms with Crippen molar-refractivity contribution in [1.82, 2.24) is 21.3 Å². The second kappa shape index (κ2) is 16.4. The molecule has 4 atom stereocenters. The van der Waals surface area contributed by atoms with Crippen LogP contribution >= 0.6 is 0 Å². The van der Waals surface area contributed by atoms with Crippen molar-refractivity contribution in [2.24, 2.45) is 0 Å². The second-order valence-corrected chi connectivity index (χ2v) is 12.7. The zero-order valence-electron chi connectivity index (χ0n) is 28.2. The lowest BCUT2D eigenvalue weighted by molar-refractivity contribution is -0.142. The summed E-state index contributed by atoms with van der Waals surface area (Å²) >= 11 is 0. The minimum Gasteiger partial charge on any atom is -0.479 e. The number of carbonyl (C=O) groups excluding carboxylic acids is 4. The van der Waals surface area contributed by atoms with Gasteiger partial charge in [0.2, 0.25) is 17.7 Å². The molecule has 0 saturated carbocycles. The molecule has 0 spiro atoms. The van der Waals surface area contributed by atoms with Crippen molar-refractivity contribution in [2.75, 3.05) is 0 Å². The summed E-state index contributed by atoms with van der Waals surface area (Å²) in [4.78, 5) is 68.1. The molecule has 0 radical (unpaired) electrons.